The molecule has 0 saturated heterocycles. The number of ketones is 2. The molecule has 4 aromatic rings. The van der Waals surface area contributed by atoms with E-state index in [1.165, 1.54) is 25.5 Å². The molecule has 0 saturated carbocycles. The van der Waals surface area contributed by atoms with Gasteiger partial charge in [0.15, 0.2) is 11.6 Å². The van der Waals surface area contributed by atoms with Crippen molar-refractivity contribution < 1.29 is 14.4 Å². The molecule has 2 heterocycles. The number of nitrogens with zero attached hydrogens (tertiary/aromatic N) is 2. The molecule has 7 heteroatoms. The van der Waals surface area contributed by atoms with Gasteiger partial charge in [0, 0.05) is 40.8 Å². The van der Waals surface area contributed by atoms with Crippen molar-refractivity contribution in [2.75, 3.05) is 5.32 Å². The highest BCUT2D eigenvalue weighted by atomic mass is 16.2. The van der Waals surface area contributed by atoms with Crippen LogP contribution in [0.3, 0.4) is 0 Å². The van der Waals surface area contributed by atoms with Crippen molar-refractivity contribution in [3.8, 4) is 0 Å². The molecule has 0 spiro atoms. The van der Waals surface area contributed by atoms with Crippen LogP contribution in [-0.2, 0) is 11.3 Å². The molecule has 164 valence electrons. The van der Waals surface area contributed by atoms with Gasteiger partial charge in [-0.3, -0.25) is 24.2 Å². The van der Waals surface area contributed by atoms with Crippen molar-refractivity contribution in [1.82, 2.24) is 9.55 Å². The van der Waals surface area contributed by atoms with Crippen LogP contribution in [-0.4, -0.2) is 27.0 Å². The fraction of sp³-hybridized carbons (Fsp3) is 0.115. The van der Waals surface area contributed by atoms with Crippen LogP contribution in [0.25, 0.3) is 10.9 Å². The first-order valence-corrected chi connectivity index (χ1v) is 10.3. The minimum absolute atomic E-state index is 0.0158. The van der Waals surface area contributed by atoms with E-state index in [1.807, 2.05) is 13.0 Å². The summed E-state index contributed by atoms with van der Waals surface area (Å²) in [7, 11) is 0. The summed E-state index contributed by atoms with van der Waals surface area (Å²) in [5, 5.41) is 3.15. The van der Waals surface area contributed by atoms with Gasteiger partial charge in [-0.05, 0) is 62.4 Å². The number of Topliss-reactive ketones (excluding diaryl/α,β-unsaturated/α-hetero) is 1. The third kappa shape index (κ3) is 4.62. The number of carbonyl (C=O) groups excluding carboxylic acids is 3. The Hall–Kier alpha value is -4.39. The van der Waals surface area contributed by atoms with Gasteiger partial charge in [0.2, 0.25) is 11.3 Å². The SMILES string of the molecule is CC(=O)c1ccc(NC(=O)Cn2cc(C(=O)c3ccncc3)c(=O)c3cc(C)ccc32)cc1. The quantitative estimate of drug-likeness (QED) is 0.461. The van der Waals surface area contributed by atoms with Gasteiger partial charge in [0.25, 0.3) is 0 Å². The number of anilines is 1. The van der Waals surface area contributed by atoms with Crippen molar-refractivity contribution in [1.29, 1.82) is 0 Å². The van der Waals surface area contributed by atoms with Crippen molar-refractivity contribution in [2.24, 2.45) is 0 Å². The molecule has 1 N–H and O–H groups in total. The van der Waals surface area contributed by atoms with E-state index in [1.54, 1.807) is 53.1 Å². The average molecular weight is 439 g/mol. The number of carbonyl (C=O) groups is 3. The maximum atomic E-state index is 13.1. The lowest BCUT2D eigenvalue weighted by atomic mass is 10.0. The topological polar surface area (TPSA) is 98.1 Å². The fourth-order valence-corrected chi connectivity index (χ4v) is 3.61. The van der Waals surface area contributed by atoms with Gasteiger partial charge >= 0.3 is 0 Å². The lowest BCUT2D eigenvalue weighted by Crippen LogP contribution is -2.24. The monoisotopic (exact) mass is 439 g/mol. The molecule has 0 unspecified atom stereocenters. The smallest absolute Gasteiger partial charge is 0.244 e. The van der Waals surface area contributed by atoms with E-state index in [9.17, 15) is 19.2 Å². The fourth-order valence-electron chi connectivity index (χ4n) is 3.61. The molecule has 1 amide bonds. The summed E-state index contributed by atoms with van der Waals surface area (Å²) >= 11 is 0. The summed E-state index contributed by atoms with van der Waals surface area (Å²) in [6, 6.07) is 15.0. The second-order valence-electron chi connectivity index (χ2n) is 7.77. The summed E-state index contributed by atoms with van der Waals surface area (Å²) in [4.78, 5) is 54.3. The standard InChI is InChI=1S/C26H21N3O4/c1-16-3-8-23-21(13-16)26(33)22(25(32)19-9-11-27-12-10-19)14-29(23)15-24(31)28-20-6-4-18(5-7-20)17(2)30/h3-14H,15H2,1-2H3,(H,28,31). The number of nitrogens with one attached hydrogen (secondary N) is 1. The zero-order valence-electron chi connectivity index (χ0n) is 18.2. The molecule has 0 aliphatic rings. The Morgan fingerprint density at radius 1 is 0.939 bits per heavy atom. The van der Waals surface area contributed by atoms with Gasteiger partial charge in [-0.15, -0.1) is 0 Å². The van der Waals surface area contributed by atoms with Crippen molar-refractivity contribution >= 4 is 34.1 Å². The minimum Gasteiger partial charge on any atom is -0.337 e. The number of hydrogen-bond donors (Lipinski definition) is 1. The van der Waals surface area contributed by atoms with Crippen LogP contribution in [0, 0.1) is 6.92 Å². The van der Waals surface area contributed by atoms with Crippen LogP contribution in [0.15, 0.2) is 78.0 Å². The maximum absolute atomic E-state index is 13.1. The molecule has 0 fully saturated rings. The first-order valence-electron chi connectivity index (χ1n) is 10.3. The van der Waals surface area contributed by atoms with Gasteiger partial charge in [-0.25, -0.2) is 0 Å². The third-order valence-corrected chi connectivity index (χ3v) is 5.31. The number of hydrogen-bond acceptors (Lipinski definition) is 5. The van der Waals surface area contributed by atoms with E-state index in [0.717, 1.165) is 5.56 Å². The van der Waals surface area contributed by atoms with Crippen molar-refractivity contribution in [3.05, 3.63) is 106 Å². The Morgan fingerprint density at radius 3 is 2.30 bits per heavy atom. The number of amides is 1. The van der Waals surface area contributed by atoms with E-state index < -0.39 is 5.78 Å². The lowest BCUT2D eigenvalue weighted by Gasteiger charge is -2.14. The van der Waals surface area contributed by atoms with Gasteiger partial charge in [-0.1, -0.05) is 11.6 Å². The highest BCUT2D eigenvalue weighted by Gasteiger charge is 2.18. The summed E-state index contributed by atoms with van der Waals surface area (Å²) in [6.45, 7) is 3.23. The highest BCUT2D eigenvalue weighted by molar-refractivity contribution is 6.10. The summed E-state index contributed by atoms with van der Waals surface area (Å²) < 4.78 is 1.60. The molecular weight excluding hydrogens is 418 g/mol. The molecule has 0 bridgehead atoms. The Bertz CT molecular complexity index is 1440. The molecule has 4 rings (SSSR count). The second kappa shape index (κ2) is 9.00. The normalized spacial score (nSPS) is 10.7. The highest BCUT2D eigenvalue weighted by Crippen LogP contribution is 2.17. The average Bonchev–Trinajstić information content (AvgIpc) is 2.81. The Labute approximate surface area is 189 Å². The van der Waals surface area contributed by atoms with Gasteiger partial charge in [0.05, 0.1) is 11.1 Å². The molecule has 0 aliphatic heterocycles. The summed E-state index contributed by atoms with van der Waals surface area (Å²) in [6.07, 6.45) is 4.41. The van der Waals surface area contributed by atoms with E-state index in [0.29, 0.717) is 27.7 Å². The molecule has 2 aromatic carbocycles. The molecule has 0 aliphatic carbocycles. The third-order valence-electron chi connectivity index (χ3n) is 5.31. The van der Waals surface area contributed by atoms with E-state index in [2.05, 4.69) is 10.3 Å². The van der Waals surface area contributed by atoms with Gasteiger partial charge in [0.1, 0.15) is 6.54 Å². The zero-order valence-corrected chi connectivity index (χ0v) is 18.2. The van der Waals surface area contributed by atoms with Gasteiger partial charge in [-0.2, -0.15) is 0 Å². The molecule has 0 atom stereocenters. The Balaban J connectivity index is 1.71. The number of aromatic nitrogens is 2. The summed E-state index contributed by atoms with van der Waals surface area (Å²) in [5.74, 6) is -0.826. The number of rotatable bonds is 6. The number of aryl methyl sites for hydroxylation is 1. The first-order chi connectivity index (χ1) is 15.8. The minimum atomic E-state index is -0.431. The second-order valence-corrected chi connectivity index (χ2v) is 7.77. The predicted octanol–water partition coefficient (Wildman–Crippen LogP) is 3.78. The first kappa shape index (κ1) is 21.8. The maximum Gasteiger partial charge on any atom is 0.244 e. The van der Waals surface area contributed by atoms with E-state index >= 15 is 0 Å². The van der Waals surface area contributed by atoms with Gasteiger partial charge < -0.3 is 9.88 Å². The number of fused-ring (bicyclic) bond motifs is 1. The molecule has 7 nitrogen and oxygen atoms in total. The molecular formula is C26H21N3O4. The largest absolute Gasteiger partial charge is 0.337 e. The van der Waals surface area contributed by atoms with Crippen molar-refractivity contribution in [3.63, 3.8) is 0 Å². The van der Waals surface area contributed by atoms with E-state index in [4.69, 9.17) is 0 Å². The predicted molar refractivity (Wildman–Crippen MR) is 126 cm³/mol. The van der Waals surface area contributed by atoms with Crippen LogP contribution in [0.2, 0.25) is 0 Å². The van der Waals surface area contributed by atoms with Crippen LogP contribution >= 0.6 is 0 Å². The Kier molecular flexibility index (Phi) is 5.95. The summed E-state index contributed by atoms with van der Waals surface area (Å²) in [5.41, 5.74) is 2.46. The molecule has 2 aromatic heterocycles. The molecule has 0 radical (unpaired) electrons. The Morgan fingerprint density at radius 2 is 1.64 bits per heavy atom. The lowest BCUT2D eigenvalue weighted by molar-refractivity contribution is -0.116. The van der Waals surface area contributed by atoms with Crippen LogP contribution in [0.4, 0.5) is 5.69 Å². The number of benzene rings is 2. The van der Waals surface area contributed by atoms with Crippen LogP contribution < -0.4 is 10.7 Å². The van der Waals surface area contributed by atoms with Crippen molar-refractivity contribution in [2.45, 2.75) is 20.4 Å². The number of pyridine rings is 2. The zero-order chi connectivity index (χ0) is 23.5. The van der Waals surface area contributed by atoms with E-state index in [-0.39, 0.29) is 29.2 Å². The molecule has 33 heavy (non-hydrogen) atoms. The van der Waals surface area contributed by atoms with Crippen LogP contribution in [0.1, 0.15) is 38.8 Å². The van der Waals surface area contributed by atoms with Crippen LogP contribution in [0.5, 0.6) is 0 Å².